The van der Waals surface area contributed by atoms with Crippen LogP contribution < -0.4 is 9.80 Å². The van der Waals surface area contributed by atoms with Crippen molar-refractivity contribution in [1.29, 1.82) is 0 Å². The topological polar surface area (TPSA) is 16.3 Å². The number of para-hydroxylation sites is 2. The molecule has 0 bridgehead atoms. The van der Waals surface area contributed by atoms with Gasteiger partial charge in [-0.25, -0.2) is 9.35 Å². The van der Waals surface area contributed by atoms with Crippen molar-refractivity contribution in [2.75, 3.05) is 36.0 Å². The Kier molecular flexibility index (Phi) is 5.60. The van der Waals surface area contributed by atoms with Crippen molar-refractivity contribution in [3.05, 3.63) is 84.9 Å². The summed E-state index contributed by atoms with van der Waals surface area (Å²) < 4.78 is 4.88. The molecule has 182 valence electrons. The molecule has 2 aromatic heterocycles. The van der Waals surface area contributed by atoms with E-state index in [1.807, 2.05) is 0 Å². The van der Waals surface area contributed by atoms with Gasteiger partial charge in [-0.1, -0.05) is 48.5 Å². The third-order valence-corrected chi connectivity index (χ3v) is 7.71. The molecular formula is C32H34N4. The highest BCUT2D eigenvalue weighted by atomic mass is 15.5. The van der Waals surface area contributed by atoms with Crippen LogP contribution in [0.2, 0.25) is 0 Å². The number of benzene rings is 4. The van der Waals surface area contributed by atoms with Crippen molar-refractivity contribution in [2.24, 2.45) is 0 Å². The minimum absolute atomic E-state index is 0.984. The number of hydrogen-bond donors (Lipinski definition) is 0. The molecule has 2 heterocycles. The lowest BCUT2D eigenvalue weighted by atomic mass is 10.1. The van der Waals surface area contributed by atoms with Gasteiger partial charge in [0.1, 0.15) is 0 Å². The summed E-state index contributed by atoms with van der Waals surface area (Å²) in [7, 11) is 0. The maximum absolute atomic E-state index is 2.46. The van der Waals surface area contributed by atoms with Gasteiger partial charge in [0.05, 0.1) is 22.1 Å². The Balaban J connectivity index is 1.81. The molecule has 0 aliphatic heterocycles. The third-order valence-electron chi connectivity index (χ3n) is 7.71. The zero-order valence-electron chi connectivity index (χ0n) is 21.7. The van der Waals surface area contributed by atoms with Crippen molar-refractivity contribution >= 4 is 55.0 Å². The zero-order chi connectivity index (χ0) is 24.8. The zero-order valence-corrected chi connectivity index (χ0v) is 21.7. The molecule has 0 atom stereocenters. The van der Waals surface area contributed by atoms with E-state index in [1.54, 1.807) is 0 Å². The Bertz CT molecular complexity index is 1570. The number of hydrogen-bond acceptors (Lipinski definition) is 2. The molecule has 0 unspecified atom stereocenters. The van der Waals surface area contributed by atoms with E-state index < -0.39 is 0 Å². The summed E-state index contributed by atoms with van der Waals surface area (Å²) in [6.07, 6.45) is 0. The highest BCUT2D eigenvalue weighted by Crippen LogP contribution is 2.41. The average molecular weight is 475 g/mol. The van der Waals surface area contributed by atoms with Gasteiger partial charge in [0, 0.05) is 59.1 Å². The summed E-state index contributed by atoms with van der Waals surface area (Å²) in [4.78, 5) is 4.92. The minimum atomic E-state index is 0.984. The van der Waals surface area contributed by atoms with Gasteiger partial charge in [-0.15, -0.1) is 0 Å². The van der Waals surface area contributed by atoms with E-state index in [-0.39, 0.29) is 0 Å². The molecule has 0 aliphatic carbocycles. The van der Waals surface area contributed by atoms with Crippen LogP contribution >= 0.6 is 0 Å². The first kappa shape index (κ1) is 22.5. The number of aromatic nitrogens is 2. The maximum atomic E-state index is 2.46. The largest absolute Gasteiger partial charge is 0.372 e. The van der Waals surface area contributed by atoms with Gasteiger partial charge in [-0.05, 0) is 64.1 Å². The highest BCUT2D eigenvalue weighted by Gasteiger charge is 2.22. The fourth-order valence-corrected chi connectivity index (χ4v) is 6.05. The van der Waals surface area contributed by atoms with Crippen molar-refractivity contribution in [2.45, 2.75) is 27.7 Å². The van der Waals surface area contributed by atoms with E-state index in [1.165, 1.54) is 55.0 Å². The van der Waals surface area contributed by atoms with E-state index >= 15 is 0 Å². The molecule has 0 radical (unpaired) electrons. The van der Waals surface area contributed by atoms with Crippen molar-refractivity contribution in [3.63, 3.8) is 0 Å². The van der Waals surface area contributed by atoms with Crippen LogP contribution in [0.15, 0.2) is 84.9 Å². The SMILES string of the molecule is CCN(CC)c1cccc2c1c1ccccc1n2-n1c2ccccc2c2c(N(CC)CC)cccc21. The lowest BCUT2D eigenvalue weighted by Gasteiger charge is -2.23. The molecule has 6 rings (SSSR count). The first-order valence-corrected chi connectivity index (χ1v) is 13.3. The van der Waals surface area contributed by atoms with Crippen LogP contribution in [0.25, 0.3) is 43.6 Å². The van der Waals surface area contributed by atoms with Gasteiger partial charge >= 0.3 is 0 Å². The Morgan fingerprint density at radius 2 is 0.806 bits per heavy atom. The van der Waals surface area contributed by atoms with Crippen molar-refractivity contribution in [3.8, 4) is 0 Å². The summed E-state index contributed by atoms with van der Waals surface area (Å²) in [5.74, 6) is 0. The molecule has 0 saturated carbocycles. The first-order valence-electron chi connectivity index (χ1n) is 13.3. The normalized spacial score (nSPS) is 11.8. The lowest BCUT2D eigenvalue weighted by Crippen LogP contribution is -2.22. The van der Waals surface area contributed by atoms with E-state index in [9.17, 15) is 0 Å². The molecular weight excluding hydrogens is 440 g/mol. The van der Waals surface area contributed by atoms with E-state index in [2.05, 4.69) is 132 Å². The van der Waals surface area contributed by atoms with Gasteiger partial charge in [-0.2, -0.15) is 0 Å². The van der Waals surface area contributed by atoms with Gasteiger partial charge in [0.25, 0.3) is 0 Å². The monoisotopic (exact) mass is 474 g/mol. The Labute approximate surface area is 212 Å². The molecule has 4 aromatic carbocycles. The fourth-order valence-electron chi connectivity index (χ4n) is 6.05. The van der Waals surface area contributed by atoms with Crippen LogP contribution in [0.3, 0.4) is 0 Å². The van der Waals surface area contributed by atoms with Crippen LogP contribution in [0.4, 0.5) is 11.4 Å². The van der Waals surface area contributed by atoms with Crippen LogP contribution in [0.5, 0.6) is 0 Å². The predicted octanol–water partition coefficient (Wildman–Crippen LogP) is 7.91. The minimum Gasteiger partial charge on any atom is -0.372 e. The van der Waals surface area contributed by atoms with Crippen molar-refractivity contribution < 1.29 is 0 Å². The number of rotatable bonds is 7. The molecule has 0 saturated heterocycles. The van der Waals surface area contributed by atoms with Crippen LogP contribution in [-0.4, -0.2) is 35.5 Å². The third kappa shape index (κ3) is 3.13. The van der Waals surface area contributed by atoms with Gasteiger partial charge in [-0.3, -0.25) is 0 Å². The quantitative estimate of drug-likeness (QED) is 0.234. The number of nitrogens with zero attached hydrogens (tertiary/aromatic N) is 4. The second kappa shape index (κ2) is 8.94. The smallest absolute Gasteiger partial charge is 0.0737 e. The Morgan fingerprint density at radius 1 is 0.444 bits per heavy atom. The van der Waals surface area contributed by atoms with E-state index in [0.29, 0.717) is 0 Å². The van der Waals surface area contributed by atoms with E-state index in [4.69, 9.17) is 0 Å². The average Bonchev–Trinajstić information content (AvgIpc) is 3.43. The van der Waals surface area contributed by atoms with Crippen molar-refractivity contribution in [1.82, 2.24) is 9.35 Å². The van der Waals surface area contributed by atoms with Crippen LogP contribution in [0, 0.1) is 0 Å². The number of anilines is 2. The van der Waals surface area contributed by atoms with Gasteiger partial charge in [0.15, 0.2) is 0 Å². The Morgan fingerprint density at radius 3 is 1.19 bits per heavy atom. The van der Waals surface area contributed by atoms with Gasteiger partial charge < -0.3 is 9.80 Å². The fraction of sp³-hybridized carbons (Fsp3) is 0.250. The molecule has 0 spiro atoms. The molecule has 0 aliphatic rings. The number of fused-ring (bicyclic) bond motifs is 6. The molecule has 0 fully saturated rings. The van der Waals surface area contributed by atoms with Crippen LogP contribution in [0.1, 0.15) is 27.7 Å². The Hall–Kier alpha value is -3.92. The molecule has 6 aromatic rings. The summed E-state index contributed by atoms with van der Waals surface area (Å²) in [5, 5.41) is 5.23. The molecule has 4 nitrogen and oxygen atoms in total. The second-order valence-corrected chi connectivity index (χ2v) is 9.35. The summed E-state index contributed by atoms with van der Waals surface area (Å²) in [5.41, 5.74) is 7.52. The first-order chi connectivity index (χ1) is 17.7. The second-order valence-electron chi connectivity index (χ2n) is 9.35. The summed E-state index contributed by atoms with van der Waals surface area (Å²) in [6.45, 7) is 12.9. The standard InChI is InChI=1S/C32H34N4/c1-5-33(6-2)27-19-13-21-29-31(27)23-15-9-11-17-25(23)35(29)36-26-18-12-10-16-24(26)32-28(34(7-3)8-4)20-14-22-30(32)36/h9-22H,5-8H2,1-4H3. The predicted molar refractivity (Wildman–Crippen MR) is 157 cm³/mol. The maximum Gasteiger partial charge on any atom is 0.0737 e. The summed E-state index contributed by atoms with van der Waals surface area (Å²) in [6, 6.07) is 31.2. The molecule has 4 heteroatoms. The molecule has 0 amide bonds. The lowest BCUT2D eigenvalue weighted by molar-refractivity contribution is 0.774. The highest BCUT2D eigenvalue weighted by molar-refractivity contribution is 6.17. The van der Waals surface area contributed by atoms with Gasteiger partial charge in [0.2, 0.25) is 0 Å². The molecule has 36 heavy (non-hydrogen) atoms. The molecule has 0 N–H and O–H groups in total. The van der Waals surface area contributed by atoms with E-state index in [0.717, 1.165) is 26.2 Å². The summed E-state index contributed by atoms with van der Waals surface area (Å²) >= 11 is 0. The van der Waals surface area contributed by atoms with Crippen LogP contribution in [-0.2, 0) is 0 Å².